The molecule has 0 saturated carbocycles. The van der Waals surface area contributed by atoms with Gasteiger partial charge in [0.15, 0.2) is 0 Å². The first kappa shape index (κ1) is 17.0. The fourth-order valence-electron chi connectivity index (χ4n) is 2.82. The third kappa shape index (κ3) is 4.56. The molecule has 1 aliphatic rings. The largest absolute Gasteiger partial charge is 0.412 e. The molecule has 130 valence electrons. The molecular weight excluding hydrogens is 323 g/mol. The minimum Gasteiger partial charge on any atom is -0.410 e. The first-order valence-electron chi connectivity index (χ1n) is 8.20. The first-order chi connectivity index (χ1) is 12.1. The standard InChI is InChI=1S/C19H19FN2O3/c20-15-6-4-5-14(13-15)18(23)22-11-9-16(10-12-22)21-19(24)25-17-7-2-1-3-8-17/h1-8,13,16H,9-12H2,(H,21,24). The lowest BCUT2D eigenvalue weighted by Crippen LogP contribution is -2.47. The molecular formula is C19H19FN2O3. The van der Waals surface area contributed by atoms with Crippen LogP contribution in [0.25, 0.3) is 0 Å². The first-order valence-corrected chi connectivity index (χ1v) is 8.20. The van der Waals surface area contributed by atoms with Gasteiger partial charge in [0.25, 0.3) is 5.91 Å². The number of para-hydroxylation sites is 1. The number of carbonyl (C=O) groups excluding carboxylic acids is 2. The maximum Gasteiger partial charge on any atom is 0.412 e. The van der Waals surface area contributed by atoms with E-state index in [0.29, 0.717) is 37.2 Å². The second-order valence-corrected chi connectivity index (χ2v) is 5.92. The van der Waals surface area contributed by atoms with E-state index in [1.54, 1.807) is 35.2 Å². The molecule has 2 aromatic carbocycles. The molecule has 0 spiro atoms. The van der Waals surface area contributed by atoms with Crippen molar-refractivity contribution in [3.63, 3.8) is 0 Å². The molecule has 2 aromatic rings. The van der Waals surface area contributed by atoms with Crippen molar-refractivity contribution in [1.82, 2.24) is 10.2 Å². The number of amides is 2. The summed E-state index contributed by atoms with van der Waals surface area (Å²) in [5, 5.41) is 2.82. The molecule has 1 aliphatic heterocycles. The number of hydrogen-bond donors (Lipinski definition) is 1. The van der Waals surface area contributed by atoms with Crippen molar-refractivity contribution in [3.8, 4) is 5.75 Å². The average molecular weight is 342 g/mol. The van der Waals surface area contributed by atoms with Gasteiger partial charge in [-0.15, -0.1) is 0 Å². The van der Waals surface area contributed by atoms with Gasteiger partial charge in [0.1, 0.15) is 11.6 Å². The third-order valence-electron chi connectivity index (χ3n) is 4.13. The van der Waals surface area contributed by atoms with E-state index < -0.39 is 11.9 Å². The minimum atomic E-state index is -0.499. The van der Waals surface area contributed by atoms with Crippen LogP contribution in [0.1, 0.15) is 23.2 Å². The highest BCUT2D eigenvalue weighted by Crippen LogP contribution is 2.15. The molecule has 5 nitrogen and oxygen atoms in total. The summed E-state index contributed by atoms with van der Waals surface area (Å²) >= 11 is 0. The Labute approximate surface area is 145 Å². The van der Waals surface area contributed by atoms with Crippen LogP contribution >= 0.6 is 0 Å². The molecule has 3 rings (SSSR count). The fourth-order valence-corrected chi connectivity index (χ4v) is 2.82. The maximum atomic E-state index is 13.2. The van der Waals surface area contributed by atoms with Gasteiger partial charge in [-0.25, -0.2) is 9.18 Å². The van der Waals surface area contributed by atoms with E-state index in [4.69, 9.17) is 4.74 Å². The molecule has 0 radical (unpaired) electrons. The van der Waals surface area contributed by atoms with Crippen LogP contribution in [0.5, 0.6) is 5.75 Å². The van der Waals surface area contributed by atoms with Crippen molar-refractivity contribution >= 4 is 12.0 Å². The second-order valence-electron chi connectivity index (χ2n) is 5.92. The van der Waals surface area contributed by atoms with Crippen molar-refractivity contribution in [2.24, 2.45) is 0 Å². The molecule has 0 aromatic heterocycles. The molecule has 6 heteroatoms. The SMILES string of the molecule is O=C(NC1CCN(C(=O)c2cccc(F)c2)CC1)Oc1ccccc1. The highest BCUT2D eigenvalue weighted by molar-refractivity contribution is 5.94. The van der Waals surface area contributed by atoms with Crippen LogP contribution in [0.15, 0.2) is 54.6 Å². The molecule has 0 aliphatic carbocycles. The van der Waals surface area contributed by atoms with Crippen LogP contribution in [-0.4, -0.2) is 36.0 Å². The monoisotopic (exact) mass is 342 g/mol. The Morgan fingerprint density at radius 3 is 2.44 bits per heavy atom. The molecule has 0 atom stereocenters. The van der Waals surface area contributed by atoms with Crippen molar-refractivity contribution in [2.75, 3.05) is 13.1 Å². The Balaban J connectivity index is 1.48. The van der Waals surface area contributed by atoms with Crippen LogP contribution in [0, 0.1) is 5.82 Å². The Morgan fingerprint density at radius 1 is 1.04 bits per heavy atom. The number of likely N-dealkylation sites (tertiary alicyclic amines) is 1. The number of ether oxygens (including phenoxy) is 1. The van der Waals surface area contributed by atoms with Gasteiger partial charge in [-0.3, -0.25) is 4.79 Å². The van der Waals surface area contributed by atoms with Gasteiger partial charge in [0, 0.05) is 24.7 Å². The fraction of sp³-hybridized carbons (Fsp3) is 0.263. The number of piperidine rings is 1. The molecule has 2 amide bonds. The summed E-state index contributed by atoms with van der Waals surface area (Å²) in [6.45, 7) is 1.01. The lowest BCUT2D eigenvalue weighted by atomic mass is 10.0. The quantitative estimate of drug-likeness (QED) is 0.932. The van der Waals surface area contributed by atoms with Gasteiger partial charge in [0.2, 0.25) is 0 Å². The van der Waals surface area contributed by atoms with Gasteiger partial charge < -0.3 is 15.0 Å². The van der Waals surface area contributed by atoms with Crippen molar-refractivity contribution in [2.45, 2.75) is 18.9 Å². The Bertz CT molecular complexity index is 743. The van der Waals surface area contributed by atoms with Crippen LogP contribution in [0.3, 0.4) is 0 Å². The number of benzene rings is 2. The molecule has 0 unspecified atom stereocenters. The highest BCUT2D eigenvalue weighted by atomic mass is 19.1. The van der Waals surface area contributed by atoms with Crippen LogP contribution in [-0.2, 0) is 0 Å². The summed E-state index contributed by atoms with van der Waals surface area (Å²) in [5.41, 5.74) is 0.342. The van der Waals surface area contributed by atoms with E-state index in [1.165, 1.54) is 18.2 Å². The predicted molar refractivity (Wildman–Crippen MR) is 90.9 cm³/mol. The van der Waals surface area contributed by atoms with Crippen molar-refractivity contribution < 1.29 is 18.7 Å². The van der Waals surface area contributed by atoms with Gasteiger partial charge >= 0.3 is 6.09 Å². The molecule has 0 bridgehead atoms. The Hall–Kier alpha value is -2.89. The molecule has 1 N–H and O–H groups in total. The van der Waals surface area contributed by atoms with Crippen molar-refractivity contribution in [3.05, 3.63) is 66.0 Å². The third-order valence-corrected chi connectivity index (χ3v) is 4.13. The lowest BCUT2D eigenvalue weighted by Gasteiger charge is -2.32. The number of carbonyl (C=O) groups is 2. The van der Waals surface area contributed by atoms with Crippen molar-refractivity contribution in [1.29, 1.82) is 0 Å². The lowest BCUT2D eigenvalue weighted by molar-refractivity contribution is 0.0706. The summed E-state index contributed by atoms with van der Waals surface area (Å²) < 4.78 is 18.4. The number of halogens is 1. The minimum absolute atomic E-state index is 0.0484. The Kier molecular flexibility index (Phi) is 5.28. The summed E-state index contributed by atoms with van der Waals surface area (Å²) in [5.74, 6) is -0.130. The summed E-state index contributed by atoms with van der Waals surface area (Å²) in [4.78, 5) is 25.9. The zero-order valence-electron chi connectivity index (χ0n) is 13.7. The van der Waals surface area contributed by atoms with Gasteiger partial charge in [-0.2, -0.15) is 0 Å². The van der Waals surface area contributed by atoms with E-state index >= 15 is 0 Å². The van der Waals surface area contributed by atoms with E-state index in [1.807, 2.05) is 6.07 Å². The van der Waals surface area contributed by atoms with E-state index in [0.717, 1.165) is 0 Å². The van der Waals surface area contributed by atoms with Gasteiger partial charge in [-0.05, 0) is 43.2 Å². The number of nitrogens with one attached hydrogen (secondary N) is 1. The normalized spacial score (nSPS) is 14.8. The number of rotatable bonds is 3. The highest BCUT2D eigenvalue weighted by Gasteiger charge is 2.25. The van der Waals surface area contributed by atoms with Gasteiger partial charge in [0.05, 0.1) is 0 Å². The van der Waals surface area contributed by atoms with Crippen LogP contribution in [0.4, 0.5) is 9.18 Å². The zero-order valence-corrected chi connectivity index (χ0v) is 13.7. The molecule has 1 heterocycles. The van der Waals surface area contributed by atoms with E-state index in [-0.39, 0.29) is 11.9 Å². The van der Waals surface area contributed by atoms with Crippen LogP contribution in [0.2, 0.25) is 0 Å². The maximum absolute atomic E-state index is 13.2. The number of hydrogen-bond acceptors (Lipinski definition) is 3. The second kappa shape index (κ2) is 7.79. The van der Waals surface area contributed by atoms with Crippen LogP contribution < -0.4 is 10.1 Å². The summed E-state index contributed by atoms with van der Waals surface area (Å²) in [7, 11) is 0. The van der Waals surface area contributed by atoms with E-state index in [2.05, 4.69) is 5.32 Å². The summed E-state index contributed by atoms with van der Waals surface area (Å²) in [6.07, 6.45) is 0.761. The molecule has 1 fully saturated rings. The predicted octanol–water partition coefficient (Wildman–Crippen LogP) is 3.22. The summed E-state index contributed by atoms with van der Waals surface area (Å²) in [6, 6.07) is 14.5. The average Bonchev–Trinajstić information content (AvgIpc) is 2.62. The topological polar surface area (TPSA) is 58.6 Å². The molecule has 1 saturated heterocycles. The zero-order chi connectivity index (χ0) is 17.6. The van der Waals surface area contributed by atoms with Gasteiger partial charge in [-0.1, -0.05) is 24.3 Å². The smallest absolute Gasteiger partial charge is 0.410 e. The number of nitrogens with zero attached hydrogens (tertiary/aromatic N) is 1. The van der Waals surface area contributed by atoms with E-state index in [9.17, 15) is 14.0 Å². The molecule has 25 heavy (non-hydrogen) atoms. The Morgan fingerprint density at radius 2 is 1.76 bits per heavy atom.